The van der Waals surface area contributed by atoms with E-state index >= 15 is 0 Å². The van der Waals surface area contributed by atoms with E-state index in [0.717, 1.165) is 76.7 Å². The standard InChI is InChI=1S/C62H84N2O2S10.C52H76O2S6.C5H7NOS2/c1-11-21-25-39(15-5)35-69-59(70-36-40(16-6)26-22-12-2)53-45-33-48-46(34-47(45)55-49(53)29-43(73-55)31-51-57(65)63(19-9)61(67)75-51)54(50-30-44(74-56(48)50)32-52-58(66)64(20-10)62(68)76-52)60(71-37-41(17-7)27-23-13-3)72-38-42(18-8)28-24-14-4;1-10-18-22-35(14-5)31-55-51(56-32-36(15-6)23-19-11-2)47-40-28-43-41(27-42(40)49-44(47)26-39(30-53)59-49)48(45-29-46(54-9)60-50(43)45)52(57-33-37(16-7)24-20-12-3)58-34-38(17-8)25-21-13-4;1-2-6-4(7)3-9-5(6)8/h29-34,39-42H,11-28,35-38H2,1-10H3;26-30,35-38H,10-25,31-34H2,1-9H3;2-3H2,1H3/b51-31+,52-32+,59-53?,60-54?;;. The second-order valence-electron chi connectivity index (χ2n) is 39.7. The zero-order valence-electron chi connectivity index (χ0n) is 90.8. The van der Waals surface area contributed by atoms with Crippen molar-refractivity contribution in [3.05, 3.63) is 134 Å². The molecule has 6 aromatic rings. The van der Waals surface area contributed by atoms with Crippen LogP contribution in [-0.4, -0.2) is 130 Å². The van der Waals surface area contributed by atoms with Crippen molar-refractivity contribution in [2.24, 2.45) is 47.3 Å². The van der Waals surface area contributed by atoms with Crippen LogP contribution in [0.1, 0.15) is 401 Å². The SMILES string of the molecule is CCCCC(CC)CSC(SCC(CC)CCCC)=C1c2cc3c(cc2-c2sc(/C=C4/SC(=S)N(CC)C4=O)cc21)C(=C(SCC(CC)CCCC)SCC(CC)CCCC)c1cc(/C=C2/SC(=S)N(CC)C2=O)sc1-3.CCCCC(CC)CSC(SCC(CC)CCCC)=C1c2cc3c(cc2-c2sc(C=O)cc21)C(=C(SCC(CC)CCCC)SCC(CC)CCCC)c1cc(OC)sc1-3.CCN1C(=O)CSC1=S. The van der Waals surface area contributed by atoms with E-state index in [2.05, 4.69) is 266 Å². The summed E-state index contributed by atoms with van der Waals surface area (Å²) in [6.07, 6.45) is 45.5. The molecule has 4 aliphatic carbocycles. The van der Waals surface area contributed by atoms with Crippen molar-refractivity contribution in [1.82, 2.24) is 14.7 Å². The summed E-state index contributed by atoms with van der Waals surface area (Å²) in [5.41, 5.74) is 21.5. The van der Waals surface area contributed by atoms with Crippen LogP contribution in [0, 0.1) is 47.3 Å². The maximum atomic E-state index is 13.7. The lowest BCUT2D eigenvalue weighted by Crippen LogP contribution is -2.27. The van der Waals surface area contributed by atoms with Gasteiger partial charge in [0.1, 0.15) is 13.0 Å². The molecule has 3 saturated heterocycles. The Bertz CT molecular complexity index is 5230. The van der Waals surface area contributed by atoms with E-state index in [9.17, 15) is 19.2 Å². The van der Waals surface area contributed by atoms with E-state index < -0.39 is 0 Å². The van der Waals surface area contributed by atoms with Crippen LogP contribution < -0.4 is 4.74 Å². The van der Waals surface area contributed by atoms with Crippen LogP contribution in [0.15, 0.2) is 75.3 Å². The molecule has 8 nitrogen and oxygen atoms in total. The van der Waals surface area contributed by atoms with Gasteiger partial charge in [0.05, 0.1) is 27.6 Å². The lowest BCUT2D eigenvalue weighted by atomic mass is 9.98. The fourth-order valence-corrected chi connectivity index (χ4v) is 40.2. The van der Waals surface area contributed by atoms with Gasteiger partial charge in [-0.2, -0.15) is 0 Å². The molecule has 0 bridgehead atoms. The number of likely N-dealkylation sites (N-methyl/N-ethyl adjacent to an activating group) is 2. The number of carbonyl (C=O) groups is 4. The molecule has 2 aromatic carbocycles. The number of thioether (sulfide) groups is 11. The highest BCUT2D eigenvalue weighted by Crippen LogP contribution is 2.64. The van der Waals surface area contributed by atoms with Crippen LogP contribution in [0.3, 0.4) is 0 Å². The summed E-state index contributed by atoms with van der Waals surface area (Å²) in [4.78, 5) is 65.6. The first-order valence-electron chi connectivity index (χ1n) is 55.4. The Morgan fingerprint density at radius 3 is 0.766 bits per heavy atom. The van der Waals surface area contributed by atoms with Gasteiger partial charge in [-0.1, -0.05) is 348 Å². The summed E-state index contributed by atoms with van der Waals surface area (Å²) in [5, 5.41) is 0.995. The number of methoxy groups -OCH3 is 1. The molecule has 7 aliphatic rings. The van der Waals surface area contributed by atoms with E-state index in [0.29, 0.717) is 79.3 Å². The van der Waals surface area contributed by atoms with Gasteiger partial charge in [-0.15, -0.1) is 128 Å². The molecule has 8 unspecified atom stereocenters. The van der Waals surface area contributed by atoms with Gasteiger partial charge >= 0.3 is 0 Å². The normalized spacial score (nSPS) is 16.6. The van der Waals surface area contributed by atoms with Gasteiger partial charge in [0.2, 0.25) is 5.91 Å². The van der Waals surface area contributed by atoms with Crippen molar-refractivity contribution in [3.63, 3.8) is 0 Å². The quantitative estimate of drug-likeness (QED) is 0.0206. The van der Waals surface area contributed by atoms with E-state index in [1.54, 1.807) is 26.0 Å². The second kappa shape index (κ2) is 63.8. The summed E-state index contributed by atoms with van der Waals surface area (Å²) in [5.74, 6) is 15.3. The number of carbonyl (C=O) groups excluding carboxylic acids is 4. The Balaban J connectivity index is 0.000000259. The van der Waals surface area contributed by atoms with Crippen molar-refractivity contribution in [3.8, 4) is 46.8 Å². The number of fused-ring (bicyclic) bond motifs is 12. The highest BCUT2D eigenvalue weighted by Gasteiger charge is 2.42. The third-order valence-electron chi connectivity index (χ3n) is 29.6. The molecule has 796 valence electrons. The minimum Gasteiger partial charge on any atom is -0.487 e. The first-order valence-corrected chi connectivity index (χ1v) is 70.4. The summed E-state index contributed by atoms with van der Waals surface area (Å²) < 4.78 is 13.9. The number of rotatable bonds is 63. The Morgan fingerprint density at radius 2 is 0.559 bits per heavy atom. The molecular weight excluding hydrogens is 2130 g/mol. The number of benzene rings is 2. The number of thiophene rings is 4. The van der Waals surface area contributed by atoms with Gasteiger partial charge in [-0.05, 0) is 196 Å². The molecule has 4 aromatic heterocycles. The molecule has 8 atom stereocenters. The van der Waals surface area contributed by atoms with Crippen LogP contribution in [0.5, 0.6) is 5.06 Å². The molecule has 0 spiro atoms. The average molecular weight is 2300 g/mol. The van der Waals surface area contributed by atoms with Crippen molar-refractivity contribution in [2.45, 2.75) is 337 Å². The highest BCUT2D eigenvalue weighted by molar-refractivity contribution is 8.27. The topological polar surface area (TPSA) is 87.2 Å². The smallest absolute Gasteiger partial charge is 0.266 e. The number of hydrogen-bond donors (Lipinski definition) is 0. The summed E-state index contributed by atoms with van der Waals surface area (Å²) >= 11 is 44.8. The zero-order chi connectivity index (χ0) is 104. The van der Waals surface area contributed by atoms with E-state index in [-0.39, 0.29) is 17.7 Å². The molecule has 7 heterocycles. The number of unbranched alkanes of at least 4 members (excludes halogenated alkanes) is 8. The van der Waals surface area contributed by atoms with Gasteiger partial charge in [0, 0.05) is 185 Å². The van der Waals surface area contributed by atoms with Crippen molar-refractivity contribution in [1.29, 1.82) is 0 Å². The van der Waals surface area contributed by atoms with Crippen LogP contribution in [0.4, 0.5) is 0 Å². The van der Waals surface area contributed by atoms with Crippen LogP contribution in [-0.2, 0) is 14.4 Å². The third kappa shape index (κ3) is 32.3. The van der Waals surface area contributed by atoms with Crippen molar-refractivity contribution in [2.75, 3.05) is 78.5 Å². The molecule has 3 aliphatic heterocycles. The van der Waals surface area contributed by atoms with Crippen LogP contribution in [0.2, 0.25) is 0 Å². The maximum absolute atomic E-state index is 13.7. The lowest BCUT2D eigenvalue weighted by molar-refractivity contribution is -0.124. The van der Waals surface area contributed by atoms with Crippen molar-refractivity contribution >= 4 is 283 Å². The zero-order valence-corrected chi connectivity index (χ0v) is 106. The molecule has 3 amide bonds. The lowest BCUT2D eigenvalue weighted by Gasteiger charge is -2.21. The second-order valence-corrected chi connectivity index (χ2v) is 58.2. The van der Waals surface area contributed by atoms with Gasteiger partial charge < -0.3 is 4.74 Å². The molecule has 26 heteroatoms. The minimum atomic E-state index is 0.0157. The minimum absolute atomic E-state index is 0.0157. The summed E-state index contributed by atoms with van der Waals surface area (Å²) in [7, 11) is 1.83. The first-order chi connectivity index (χ1) is 70.5. The van der Waals surface area contributed by atoms with Crippen molar-refractivity contribution < 1.29 is 23.9 Å². The highest BCUT2D eigenvalue weighted by atomic mass is 32.2. The third-order valence-corrected chi connectivity index (χ3v) is 49.9. The number of nitrogens with zero attached hydrogens (tertiary/aromatic N) is 3. The van der Waals surface area contributed by atoms with Gasteiger partial charge in [0.15, 0.2) is 11.3 Å². The largest absolute Gasteiger partial charge is 0.487 e. The van der Waals surface area contributed by atoms with E-state index in [1.807, 2.05) is 61.9 Å². The van der Waals surface area contributed by atoms with Crippen LogP contribution >= 0.6 is 211 Å². The van der Waals surface area contributed by atoms with E-state index in [1.165, 1.54) is 378 Å². The number of aldehydes is 1. The van der Waals surface area contributed by atoms with E-state index in [4.69, 9.17) is 41.4 Å². The molecule has 0 N–H and O–H groups in total. The van der Waals surface area contributed by atoms with Gasteiger partial charge in [-0.3, -0.25) is 33.9 Å². The number of ether oxygens (including phenoxy) is 1. The van der Waals surface area contributed by atoms with Gasteiger partial charge in [-0.25, -0.2) is 0 Å². The Morgan fingerprint density at radius 1 is 0.317 bits per heavy atom. The number of hydrogen-bond acceptors (Lipinski definition) is 23. The molecule has 0 saturated carbocycles. The molecule has 3 fully saturated rings. The predicted octanol–water partition coefficient (Wildman–Crippen LogP) is 41.1. The van der Waals surface area contributed by atoms with Crippen LogP contribution in [0.25, 0.3) is 76.2 Å². The fraction of sp³-hybridized carbons (Fsp3) is 0.605. The Hall–Kier alpha value is -2.32. The molecule has 0 radical (unpaired) electrons. The number of thiocarbonyl (C=S) groups is 3. The molecule has 13 rings (SSSR count). The average Bonchev–Trinajstić information content (AvgIpc) is 1.55. The molecular formula is C119H167N3O5S18. The van der Waals surface area contributed by atoms with Gasteiger partial charge in [0.25, 0.3) is 11.8 Å². The Kier molecular flexibility index (Phi) is 54.0. The maximum Gasteiger partial charge on any atom is 0.266 e. The monoisotopic (exact) mass is 2290 g/mol. The summed E-state index contributed by atoms with van der Waals surface area (Å²) in [6, 6.07) is 19.7. The first kappa shape index (κ1) is 123. The molecule has 145 heavy (non-hydrogen) atoms. The Labute approximate surface area is 955 Å². The number of amides is 3. The fourth-order valence-electron chi connectivity index (χ4n) is 19.6. The summed E-state index contributed by atoms with van der Waals surface area (Å²) in [6.45, 7) is 45.4. The predicted molar refractivity (Wildman–Crippen MR) is 682 cm³/mol.